The van der Waals surface area contributed by atoms with Crippen LogP contribution in [0.25, 0.3) is 16.7 Å². The van der Waals surface area contributed by atoms with Crippen molar-refractivity contribution in [1.82, 2.24) is 14.5 Å². The minimum atomic E-state index is -4.74. The zero-order valence-electron chi connectivity index (χ0n) is 17.4. The summed E-state index contributed by atoms with van der Waals surface area (Å²) in [6, 6.07) is 14.8. The highest BCUT2D eigenvalue weighted by atomic mass is 19.4. The summed E-state index contributed by atoms with van der Waals surface area (Å²) in [5.41, 5.74) is -1.97. The summed E-state index contributed by atoms with van der Waals surface area (Å²) < 4.78 is 46.5. The Morgan fingerprint density at radius 3 is 2.59 bits per heavy atom. The second-order valence-electron chi connectivity index (χ2n) is 6.98. The van der Waals surface area contributed by atoms with E-state index in [0.717, 1.165) is 16.7 Å². The molecule has 0 atom stereocenters. The molecule has 3 aromatic heterocycles. The Balaban J connectivity index is 1.98. The third kappa shape index (κ3) is 4.39. The van der Waals surface area contributed by atoms with E-state index in [1.165, 1.54) is 30.5 Å². The third-order valence-corrected chi connectivity index (χ3v) is 4.79. The highest BCUT2D eigenvalue weighted by Gasteiger charge is 2.33. The number of aliphatic hydroxyl groups is 1. The predicted octanol–water partition coefficient (Wildman–Crippen LogP) is 3.79. The SMILES string of the molecule is N#Cc1c(Nc2ccnc(OCCO)c2)c2ccc(C(F)(F)F)nc2n(-c2ccccc2)c1=O. The van der Waals surface area contributed by atoms with Gasteiger partial charge in [0.2, 0.25) is 5.88 Å². The van der Waals surface area contributed by atoms with Crippen LogP contribution in [0.4, 0.5) is 24.5 Å². The van der Waals surface area contributed by atoms with Crippen LogP contribution in [0.1, 0.15) is 11.3 Å². The van der Waals surface area contributed by atoms with Gasteiger partial charge in [-0.2, -0.15) is 18.4 Å². The molecule has 0 aliphatic heterocycles. The van der Waals surface area contributed by atoms with Crippen LogP contribution < -0.4 is 15.6 Å². The van der Waals surface area contributed by atoms with Crippen molar-refractivity contribution in [2.75, 3.05) is 18.5 Å². The first-order chi connectivity index (χ1) is 16.3. The third-order valence-electron chi connectivity index (χ3n) is 4.79. The van der Waals surface area contributed by atoms with Crippen LogP contribution >= 0.6 is 0 Å². The van der Waals surface area contributed by atoms with Crippen LogP contribution in [-0.4, -0.2) is 32.9 Å². The molecule has 0 bridgehead atoms. The van der Waals surface area contributed by atoms with Gasteiger partial charge in [0.25, 0.3) is 5.56 Å². The Morgan fingerprint density at radius 2 is 1.91 bits per heavy atom. The van der Waals surface area contributed by atoms with Crippen molar-refractivity contribution >= 4 is 22.4 Å². The quantitative estimate of drug-likeness (QED) is 0.444. The molecule has 11 heteroatoms. The Hall–Kier alpha value is -4.43. The zero-order valence-corrected chi connectivity index (χ0v) is 17.4. The van der Waals surface area contributed by atoms with E-state index in [0.29, 0.717) is 5.69 Å². The molecule has 2 N–H and O–H groups in total. The van der Waals surface area contributed by atoms with Gasteiger partial charge in [0.1, 0.15) is 29.6 Å². The number of halogens is 3. The molecule has 3 heterocycles. The average molecular weight is 467 g/mol. The molecule has 8 nitrogen and oxygen atoms in total. The van der Waals surface area contributed by atoms with Crippen molar-refractivity contribution < 1.29 is 23.0 Å². The predicted molar refractivity (Wildman–Crippen MR) is 117 cm³/mol. The number of nitriles is 1. The number of pyridine rings is 3. The fourth-order valence-electron chi connectivity index (χ4n) is 3.33. The second kappa shape index (κ2) is 9.21. The summed E-state index contributed by atoms with van der Waals surface area (Å²) in [5, 5.41) is 21.8. The van der Waals surface area contributed by atoms with Crippen LogP contribution in [0.5, 0.6) is 5.88 Å². The molecule has 34 heavy (non-hydrogen) atoms. The highest BCUT2D eigenvalue weighted by molar-refractivity contribution is 5.95. The van der Waals surface area contributed by atoms with E-state index in [1.54, 1.807) is 18.2 Å². The van der Waals surface area contributed by atoms with Gasteiger partial charge in [0.05, 0.1) is 18.0 Å². The Morgan fingerprint density at radius 1 is 1.15 bits per heavy atom. The van der Waals surface area contributed by atoms with Gasteiger partial charge in [-0.1, -0.05) is 18.2 Å². The van der Waals surface area contributed by atoms with E-state index in [4.69, 9.17) is 9.84 Å². The summed E-state index contributed by atoms with van der Waals surface area (Å²) in [6.45, 7) is -0.229. The lowest BCUT2D eigenvalue weighted by Crippen LogP contribution is -2.24. The lowest BCUT2D eigenvalue weighted by molar-refractivity contribution is -0.141. The molecule has 172 valence electrons. The molecular formula is C23H16F3N5O3. The maximum absolute atomic E-state index is 13.4. The molecule has 0 aliphatic carbocycles. The smallest absolute Gasteiger partial charge is 0.433 e. The molecule has 1 aromatic carbocycles. The summed E-state index contributed by atoms with van der Waals surface area (Å²) >= 11 is 0. The molecule has 0 amide bonds. The summed E-state index contributed by atoms with van der Waals surface area (Å²) in [5.74, 6) is 0.164. The zero-order chi connectivity index (χ0) is 24.3. The molecule has 0 spiro atoms. The molecule has 4 rings (SSSR count). The second-order valence-corrected chi connectivity index (χ2v) is 6.98. The number of benzene rings is 1. The fourth-order valence-corrected chi connectivity index (χ4v) is 3.33. The monoisotopic (exact) mass is 467 g/mol. The van der Waals surface area contributed by atoms with Crippen LogP contribution in [0, 0.1) is 11.3 Å². The minimum Gasteiger partial charge on any atom is -0.475 e. The number of anilines is 2. The number of nitrogens with zero attached hydrogens (tertiary/aromatic N) is 4. The first-order valence-corrected chi connectivity index (χ1v) is 9.92. The van der Waals surface area contributed by atoms with Crippen molar-refractivity contribution in [2.24, 2.45) is 0 Å². The van der Waals surface area contributed by atoms with Crippen molar-refractivity contribution in [3.8, 4) is 17.6 Å². The topological polar surface area (TPSA) is 113 Å². The van der Waals surface area contributed by atoms with Crippen LogP contribution in [0.15, 0.2) is 65.6 Å². The number of aromatic nitrogens is 3. The first kappa shape index (κ1) is 22.8. The number of nitrogens with one attached hydrogen (secondary N) is 1. The van der Waals surface area contributed by atoms with Crippen molar-refractivity contribution in [1.29, 1.82) is 5.26 Å². The van der Waals surface area contributed by atoms with Gasteiger partial charge in [-0.05, 0) is 30.3 Å². The molecule has 0 saturated heterocycles. The maximum atomic E-state index is 13.4. The normalized spacial score (nSPS) is 11.3. The molecule has 4 aromatic rings. The Kier molecular flexibility index (Phi) is 6.16. The number of aliphatic hydroxyl groups excluding tert-OH is 1. The van der Waals surface area contributed by atoms with Crippen LogP contribution in [-0.2, 0) is 6.18 Å². The molecule has 0 unspecified atom stereocenters. The van der Waals surface area contributed by atoms with Gasteiger partial charge in [-0.25, -0.2) is 9.97 Å². The molecule has 0 radical (unpaired) electrons. The number of alkyl halides is 3. The summed E-state index contributed by atoms with van der Waals surface area (Å²) in [7, 11) is 0. The van der Waals surface area contributed by atoms with Gasteiger partial charge in [-0.15, -0.1) is 0 Å². The molecule has 0 saturated carbocycles. The van der Waals surface area contributed by atoms with Gasteiger partial charge in [-0.3, -0.25) is 9.36 Å². The first-order valence-electron chi connectivity index (χ1n) is 9.92. The van der Waals surface area contributed by atoms with E-state index < -0.39 is 17.4 Å². The van der Waals surface area contributed by atoms with E-state index in [9.17, 15) is 23.2 Å². The van der Waals surface area contributed by atoms with Crippen LogP contribution in [0.2, 0.25) is 0 Å². The van der Waals surface area contributed by atoms with E-state index in [-0.39, 0.29) is 47.1 Å². The highest BCUT2D eigenvalue weighted by Crippen LogP contribution is 2.33. The van der Waals surface area contributed by atoms with E-state index in [1.807, 2.05) is 6.07 Å². The Labute approximate surface area is 190 Å². The van der Waals surface area contributed by atoms with E-state index >= 15 is 0 Å². The number of ether oxygens (including phenoxy) is 1. The lowest BCUT2D eigenvalue weighted by atomic mass is 10.1. The number of rotatable bonds is 6. The van der Waals surface area contributed by atoms with Crippen LogP contribution in [0.3, 0.4) is 0 Å². The van der Waals surface area contributed by atoms with E-state index in [2.05, 4.69) is 15.3 Å². The molecular weight excluding hydrogens is 451 g/mol. The number of hydrogen-bond donors (Lipinski definition) is 2. The summed E-state index contributed by atoms with van der Waals surface area (Å²) in [4.78, 5) is 21.0. The number of hydrogen-bond acceptors (Lipinski definition) is 7. The molecule has 0 fully saturated rings. The van der Waals surface area contributed by atoms with Crippen molar-refractivity contribution in [3.05, 3.63) is 82.4 Å². The maximum Gasteiger partial charge on any atom is 0.433 e. The van der Waals surface area contributed by atoms with Crippen molar-refractivity contribution in [3.63, 3.8) is 0 Å². The average Bonchev–Trinajstić information content (AvgIpc) is 2.83. The lowest BCUT2D eigenvalue weighted by Gasteiger charge is -2.17. The van der Waals surface area contributed by atoms with Gasteiger partial charge in [0.15, 0.2) is 0 Å². The largest absolute Gasteiger partial charge is 0.475 e. The van der Waals surface area contributed by atoms with Crippen molar-refractivity contribution in [2.45, 2.75) is 6.18 Å². The minimum absolute atomic E-state index is 0.0000888. The Bertz CT molecular complexity index is 1450. The fraction of sp³-hybridized carbons (Fsp3) is 0.130. The van der Waals surface area contributed by atoms with Gasteiger partial charge in [0, 0.05) is 23.3 Å². The van der Waals surface area contributed by atoms with Gasteiger partial charge < -0.3 is 15.2 Å². The number of fused-ring (bicyclic) bond motifs is 1. The van der Waals surface area contributed by atoms with Gasteiger partial charge >= 0.3 is 6.18 Å². The molecule has 0 aliphatic rings. The summed E-state index contributed by atoms with van der Waals surface area (Å²) in [6.07, 6.45) is -3.34. The number of para-hydroxylation sites is 1. The standard InChI is InChI=1S/C23H16F3N5O3/c24-23(25,26)18-7-6-16-20(29-14-8-9-28-19(12-14)34-11-10-32)17(13-27)22(33)31(21(16)30-18)15-4-2-1-3-5-15/h1-9,12,32H,10-11H2,(H,28,29).